The molecule has 0 aromatic heterocycles. The summed E-state index contributed by atoms with van der Waals surface area (Å²) in [4.78, 5) is 23.1. The first kappa shape index (κ1) is 18.4. The second kappa shape index (κ2) is 7.76. The Bertz CT molecular complexity index is 722. The van der Waals surface area contributed by atoms with Crippen LogP contribution in [-0.2, 0) is 24.3 Å². The van der Waals surface area contributed by atoms with E-state index in [1.807, 2.05) is 0 Å². The van der Waals surface area contributed by atoms with Crippen molar-refractivity contribution in [2.75, 3.05) is 26.8 Å². The van der Waals surface area contributed by atoms with Crippen LogP contribution in [-0.4, -0.2) is 51.5 Å². The highest BCUT2D eigenvalue weighted by Gasteiger charge is 2.28. The van der Waals surface area contributed by atoms with Gasteiger partial charge >= 0.3 is 11.9 Å². The van der Waals surface area contributed by atoms with Crippen LogP contribution in [0.4, 0.5) is 0 Å². The van der Waals surface area contributed by atoms with Crippen molar-refractivity contribution >= 4 is 22.0 Å². The fourth-order valence-electron chi connectivity index (χ4n) is 2.52. The van der Waals surface area contributed by atoms with Crippen molar-refractivity contribution in [1.29, 1.82) is 0 Å². The van der Waals surface area contributed by atoms with Crippen LogP contribution < -0.4 is 0 Å². The maximum atomic E-state index is 12.8. The molecule has 0 saturated carbocycles. The predicted molar refractivity (Wildman–Crippen MR) is 86.1 cm³/mol. The summed E-state index contributed by atoms with van der Waals surface area (Å²) in [6, 6.07) is 4.34. The van der Waals surface area contributed by atoms with E-state index in [1.54, 1.807) is 13.0 Å². The van der Waals surface area contributed by atoms with Gasteiger partial charge in [-0.15, -0.1) is 0 Å². The molecule has 132 valence electrons. The highest BCUT2D eigenvalue weighted by atomic mass is 32.2. The highest BCUT2D eigenvalue weighted by molar-refractivity contribution is 7.89. The lowest BCUT2D eigenvalue weighted by molar-refractivity contribution is -0.144. The van der Waals surface area contributed by atoms with Crippen LogP contribution >= 0.6 is 0 Å². The zero-order valence-corrected chi connectivity index (χ0v) is 14.6. The van der Waals surface area contributed by atoms with Gasteiger partial charge in [-0.3, -0.25) is 0 Å². The number of esters is 2. The van der Waals surface area contributed by atoms with Crippen LogP contribution in [0.5, 0.6) is 0 Å². The van der Waals surface area contributed by atoms with E-state index in [4.69, 9.17) is 4.74 Å². The summed E-state index contributed by atoms with van der Waals surface area (Å²) in [7, 11) is -2.46. The summed E-state index contributed by atoms with van der Waals surface area (Å²) in [5.74, 6) is -1.45. The Morgan fingerprint density at radius 3 is 2.46 bits per heavy atom. The minimum Gasteiger partial charge on any atom is -0.466 e. The van der Waals surface area contributed by atoms with Crippen LogP contribution in [0.25, 0.3) is 0 Å². The summed E-state index contributed by atoms with van der Waals surface area (Å²) < 4.78 is 36.2. The number of hydrogen-bond acceptors (Lipinski definition) is 6. The SMILES string of the molecule is COC(=O)COC(=O)c1ccc(C)c(S(=O)(=O)N2CCCCC2)c1. The highest BCUT2D eigenvalue weighted by Crippen LogP contribution is 2.24. The third-order valence-electron chi connectivity index (χ3n) is 3.91. The summed E-state index contributed by atoms with van der Waals surface area (Å²) in [5.41, 5.74) is 0.644. The van der Waals surface area contributed by atoms with E-state index in [2.05, 4.69) is 4.74 Å². The Balaban J connectivity index is 2.24. The Kier molecular flexibility index (Phi) is 5.95. The minimum absolute atomic E-state index is 0.0834. The van der Waals surface area contributed by atoms with Gasteiger partial charge in [0.2, 0.25) is 10.0 Å². The van der Waals surface area contributed by atoms with Crippen molar-refractivity contribution in [2.24, 2.45) is 0 Å². The predicted octanol–water partition coefficient (Wildman–Crippen LogP) is 1.50. The Morgan fingerprint density at radius 1 is 1.17 bits per heavy atom. The van der Waals surface area contributed by atoms with Crippen LogP contribution in [0.15, 0.2) is 23.1 Å². The van der Waals surface area contributed by atoms with Gasteiger partial charge in [-0.05, 0) is 37.5 Å². The molecular weight excluding hydrogens is 334 g/mol. The third kappa shape index (κ3) is 4.12. The molecule has 8 heteroatoms. The van der Waals surface area contributed by atoms with E-state index in [-0.39, 0.29) is 10.5 Å². The van der Waals surface area contributed by atoms with Gasteiger partial charge in [0.05, 0.1) is 17.6 Å². The first-order valence-corrected chi connectivity index (χ1v) is 9.15. The molecule has 7 nitrogen and oxygen atoms in total. The van der Waals surface area contributed by atoms with Gasteiger partial charge in [0.1, 0.15) is 0 Å². The van der Waals surface area contributed by atoms with Crippen LogP contribution in [0.1, 0.15) is 35.2 Å². The zero-order valence-electron chi connectivity index (χ0n) is 13.8. The fraction of sp³-hybridized carbons (Fsp3) is 0.500. The fourth-order valence-corrected chi connectivity index (χ4v) is 4.28. The number of methoxy groups -OCH3 is 1. The number of benzene rings is 1. The molecule has 0 N–H and O–H groups in total. The van der Waals surface area contributed by atoms with Crippen LogP contribution in [0.2, 0.25) is 0 Å². The van der Waals surface area contributed by atoms with E-state index >= 15 is 0 Å². The van der Waals surface area contributed by atoms with Gasteiger partial charge < -0.3 is 9.47 Å². The lowest BCUT2D eigenvalue weighted by atomic mass is 10.1. The second-order valence-corrected chi connectivity index (χ2v) is 7.50. The maximum Gasteiger partial charge on any atom is 0.344 e. The summed E-state index contributed by atoms with van der Waals surface area (Å²) in [5, 5.41) is 0. The molecule has 1 fully saturated rings. The van der Waals surface area contributed by atoms with Crippen molar-refractivity contribution in [1.82, 2.24) is 4.31 Å². The number of hydrogen-bond donors (Lipinski definition) is 0. The minimum atomic E-state index is -3.65. The quantitative estimate of drug-likeness (QED) is 0.744. The Labute approximate surface area is 141 Å². The standard InChI is InChI=1S/C16H21NO6S/c1-12-6-7-13(16(19)23-11-15(18)22-2)10-14(12)24(20,21)17-8-4-3-5-9-17/h6-7,10H,3-5,8-9,11H2,1-2H3. The molecule has 24 heavy (non-hydrogen) atoms. The molecule has 0 amide bonds. The number of ether oxygens (including phenoxy) is 2. The molecule has 0 aliphatic carbocycles. The summed E-state index contributed by atoms with van der Waals surface area (Å²) >= 11 is 0. The zero-order chi connectivity index (χ0) is 17.7. The van der Waals surface area contributed by atoms with Crippen molar-refractivity contribution in [3.8, 4) is 0 Å². The largest absolute Gasteiger partial charge is 0.466 e. The number of aryl methyl sites for hydroxylation is 1. The normalized spacial score (nSPS) is 15.8. The van der Waals surface area contributed by atoms with Gasteiger partial charge in [0.15, 0.2) is 6.61 Å². The molecule has 1 aliphatic rings. The third-order valence-corrected chi connectivity index (χ3v) is 5.95. The number of sulfonamides is 1. The molecule has 0 atom stereocenters. The number of nitrogens with zero attached hydrogens (tertiary/aromatic N) is 1. The average molecular weight is 355 g/mol. The first-order valence-electron chi connectivity index (χ1n) is 7.71. The molecule has 1 aliphatic heterocycles. The second-order valence-electron chi connectivity index (χ2n) is 5.60. The van der Waals surface area contributed by atoms with E-state index in [0.717, 1.165) is 19.3 Å². The molecule has 1 saturated heterocycles. The van der Waals surface area contributed by atoms with Crippen molar-refractivity contribution < 1.29 is 27.5 Å². The Hall–Kier alpha value is -1.93. The molecule has 0 unspecified atom stereocenters. The Morgan fingerprint density at radius 2 is 1.83 bits per heavy atom. The van der Waals surface area contributed by atoms with Gasteiger partial charge in [-0.25, -0.2) is 18.0 Å². The molecule has 1 heterocycles. The summed E-state index contributed by atoms with van der Waals surface area (Å²) in [6.45, 7) is 2.13. The van der Waals surface area contributed by atoms with Crippen molar-refractivity contribution in [3.05, 3.63) is 29.3 Å². The van der Waals surface area contributed by atoms with Gasteiger partial charge in [-0.2, -0.15) is 4.31 Å². The van der Waals surface area contributed by atoms with Crippen LogP contribution in [0.3, 0.4) is 0 Å². The topological polar surface area (TPSA) is 90.0 Å². The number of carbonyl (C=O) groups is 2. The van der Waals surface area contributed by atoms with Gasteiger partial charge in [0.25, 0.3) is 0 Å². The molecule has 0 bridgehead atoms. The number of piperidine rings is 1. The van der Waals surface area contributed by atoms with E-state index in [0.29, 0.717) is 18.7 Å². The number of carbonyl (C=O) groups excluding carboxylic acids is 2. The van der Waals surface area contributed by atoms with Crippen LogP contribution in [0, 0.1) is 6.92 Å². The van der Waals surface area contributed by atoms with Crippen molar-refractivity contribution in [2.45, 2.75) is 31.1 Å². The molecule has 0 spiro atoms. The average Bonchev–Trinajstić information content (AvgIpc) is 2.60. The molecule has 1 aromatic rings. The van der Waals surface area contributed by atoms with Gasteiger partial charge in [-0.1, -0.05) is 12.5 Å². The van der Waals surface area contributed by atoms with E-state index in [9.17, 15) is 18.0 Å². The molecule has 2 rings (SSSR count). The van der Waals surface area contributed by atoms with E-state index < -0.39 is 28.6 Å². The first-order chi connectivity index (χ1) is 11.4. The maximum absolute atomic E-state index is 12.8. The molecule has 1 aromatic carbocycles. The molecule has 0 radical (unpaired) electrons. The smallest absolute Gasteiger partial charge is 0.344 e. The van der Waals surface area contributed by atoms with Crippen molar-refractivity contribution in [3.63, 3.8) is 0 Å². The monoisotopic (exact) mass is 355 g/mol. The number of rotatable bonds is 5. The lowest BCUT2D eigenvalue weighted by Crippen LogP contribution is -2.36. The lowest BCUT2D eigenvalue weighted by Gasteiger charge is -2.26. The molecular formula is C16H21NO6S. The summed E-state index contributed by atoms with van der Waals surface area (Å²) in [6.07, 6.45) is 2.68. The van der Waals surface area contributed by atoms with E-state index in [1.165, 1.54) is 23.5 Å². The van der Waals surface area contributed by atoms with Gasteiger partial charge in [0, 0.05) is 13.1 Å².